The molecule has 0 aliphatic carbocycles. The molecule has 2 aromatic heterocycles. The third-order valence-corrected chi connectivity index (χ3v) is 3.63. The van der Waals surface area contributed by atoms with Crippen molar-refractivity contribution in [3.05, 3.63) is 35.1 Å². The number of aromatic carboxylic acids is 1. The normalized spacial score (nSPS) is 11.5. The van der Waals surface area contributed by atoms with E-state index >= 15 is 0 Å². The molecule has 0 unspecified atom stereocenters. The average molecular weight is 324 g/mol. The van der Waals surface area contributed by atoms with Crippen LogP contribution in [0.5, 0.6) is 0 Å². The Balaban J connectivity index is 2.57. The molecule has 1 N–H and O–H groups in total. The van der Waals surface area contributed by atoms with E-state index in [2.05, 4.69) is 9.97 Å². The summed E-state index contributed by atoms with van der Waals surface area (Å²) in [5, 5.41) is 9.51. The molecule has 4 nitrogen and oxygen atoms in total. The zero-order valence-electron chi connectivity index (χ0n) is 8.60. The molecular formula is C10H5Cl3N2O2S. The molecule has 2 heterocycles. The third-order valence-electron chi connectivity index (χ3n) is 2.00. The van der Waals surface area contributed by atoms with Crippen LogP contribution in [0.15, 0.2) is 24.5 Å². The van der Waals surface area contributed by atoms with Crippen molar-refractivity contribution in [1.29, 1.82) is 0 Å². The van der Waals surface area contributed by atoms with Crippen LogP contribution in [0.1, 0.15) is 15.4 Å². The van der Waals surface area contributed by atoms with E-state index in [1.165, 1.54) is 0 Å². The van der Waals surface area contributed by atoms with Crippen LogP contribution in [0.4, 0.5) is 0 Å². The maximum absolute atomic E-state index is 11.1. The molecule has 94 valence electrons. The number of alkyl halides is 3. The van der Waals surface area contributed by atoms with Gasteiger partial charge in [0.05, 0.1) is 0 Å². The first-order chi connectivity index (χ1) is 8.39. The predicted molar refractivity (Wildman–Crippen MR) is 71.5 cm³/mol. The van der Waals surface area contributed by atoms with Crippen molar-refractivity contribution in [2.45, 2.75) is 3.79 Å². The van der Waals surface area contributed by atoms with Gasteiger partial charge in [-0.1, -0.05) is 34.8 Å². The largest absolute Gasteiger partial charge is 0.477 e. The van der Waals surface area contributed by atoms with Gasteiger partial charge in [0.25, 0.3) is 0 Å². The first-order valence-corrected chi connectivity index (χ1v) is 6.56. The molecule has 18 heavy (non-hydrogen) atoms. The molecule has 0 amide bonds. The molecule has 0 aliphatic heterocycles. The second-order valence-electron chi connectivity index (χ2n) is 3.24. The van der Waals surface area contributed by atoms with Crippen molar-refractivity contribution < 1.29 is 9.90 Å². The number of nitrogens with zero attached hydrogens (tertiary/aromatic N) is 2. The van der Waals surface area contributed by atoms with Gasteiger partial charge in [-0.15, -0.1) is 11.3 Å². The fraction of sp³-hybridized carbons (Fsp3) is 0.100. The minimum Gasteiger partial charge on any atom is -0.477 e. The van der Waals surface area contributed by atoms with Gasteiger partial charge >= 0.3 is 5.97 Å². The summed E-state index contributed by atoms with van der Waals surface area (Å²) in [5.74, 6) is -1.18. The molecule has 0 radical (unpaired) electrons. The van der Waals surface area contributed by atoms with Crippen molar-refractivity contribution >= 4 is 52.1 Å². The number of thiazole rings is 1. The second-order valence-corrected chi connectivity index (χ2v) is 6.52. The number of carboxylic acids is 1. The van der Waals surface area contributed by atoms with Gasteiger partial charge in [-0.25, -0.2) is 9.78 Å². The topological polar surface area (TPSA) is 63.1 Å². The highest BCUT2D eigenvalue weighted by atomic mass is 35.6. The molecule has 0 atom stereocenters. The van der Waals surface area contributed by atoms with Crippen LogP contribution in [0, 0.1) is 0 Å². The molecule has 0 aliphatic rings. The van der Waals surface area contributed by atoms with Crippen molar-refractivity contribution in [3.8, 4) is 10.6 Å². The lowest BCUT2D eigenvalue weighted by molar-refractivity contribution is 0.0701. The van der Waals surface area contributed by atoms with E-state index in [9.17, 15) is 4.79 Å². The van der Waals surface area contributed by atoms with Gasteiger partial charge in [-0.05, 0) is 12.1 Å². The van der Waals surface area contributed by atoms with Gasteiger partial charge in [0.15, 0.2) is 0 Å². The Morgan fingerprint density at radius 1 is 1.39 bits per heavy atom. The fourth-order valence-electron chi connectivity index (χ4n) is 1.27. The van der Waals surface area contributed by atoms with E-state index in [1.807, 2.05) is 0 Å². The lowest BCUT2D eigenvalue weighted by atomic mass is 10.3. The lowest BCUT2D eigenvalue weighted by Crippen LogP contribution is -2.07. The number of hydrogen-bond donors (Lipinski definition) is 1. The summed E-state index contributed by atoms with van der Waals surface area (Å²) in [6.45, 7) is 0. The Bertz CT molecular complexity index is 581. The van der Waals surface area contributed by atoms with Crippen molar-refractivity contribution in [2.75, 3.05) is 0 Å². The van der Waals surface area contributed by atoms with E-state index in [0.717, 1.165) is 11.3 Å². The molecular weight excluding hydrogens is 319 g/mol. The Kier molecular flexibility index (Phi) is 3.77. The monoisotopic (exact) mass is 322 g/mol. The van der Waals surface area contributed by atoms with Crippen molar-refractivity contribution in [3.63, 3.8) is 0 Å². The number of aromatic nitrogens is 2. The van der Waals surface area contributed by atoms with Crippen LogP contribution in [0.2, 0.25) is 0 Å². The predicted octanol–water partition coefficient (Wildman–Crippen LogP) is 3.73. The van der Waals surface area contributed by atoms with Crippen molar-refractivity contribution in [1.82, 2.24) is 9.97 Å². The van der Waals surface area contributed by atoms with E-state index in [-0.39, 0.29) is 10.6 Å². The molecule has 0 bridgehead atoms. The van der Waals surface area contributed by atoms with Gasteiger partial charge < -0.3 is 5.11 Å². The number of pyridine rings is 1. The lowest BCUT2D eigenvalue weighted by Gasteiger charge is -2.07. The van der Waals surface area contributed by atoms with Crippen LogP contribution in [0.3, 0.4) is 0 Å². The second kappa shape index (κ2) is 5.01. The van der Waals surface area contributed by atoms with E-state index < -0.39 is 9.76 Å². The summed E-state index contributed by atoms with van der Waals surface area (Å²) >= 11 is 18.1. The average Bonchev–Trinajstić information content (AvgIpc) is 2.74. The molecule has 0 spiro atoms. The van der Waals surface area contributed by atoms with Crippen LogP contribution >= 0.6 is 46.1 Å². The first kappa shape index (κ1) is 13.5. The molecule has 2 rings (SSSR count). The van der Waals surface area contributed by atoms with Gasteiger partial charge in [0.2, 0.25) is 3.79 Å². The van der Waals surface area contributed by atoms with Gasteiger partial charge in [0.1, 0.15) is 15.6 Å². The van der Waals surface area contributed by atoms with E-state index in [1.54, 1.807) is 24.5 Å². The van der Waals surface area contributed by atoms with E-state index in [0.29, 0.717) is 10.6 Å². The summed E-state index contributed by atoms with van der Waals surface area (Å²) in [6.07, 6.45) is 3.16. The third kappa shape index (κ3) is 2.75. The molecule has 0 saturated heterocycles. The van der Waals surface area contributed by atoms with Crippen LogP contribution in [-0.2, 0) is 3.79 Å². The smallest absolute Gasteiger partial charge is 0.348 e. The summed E-state index contributed by atoms with van der Waals surface area (Å²) in [6, 6.07) is 3.46. The quantitative estimate of drug-likeness (QED) is 0.855. The van der Waals surface area contributed by atoms with Crippen LogP contribution in [-0.4, -0.2) is 21.0 Å². The Morgan fingerprint density at radius 2 is 2.11 bits per heavy atom. The SMILES string of the molecule is O=C(O)c1sc(-c2cccnc2)nc1C(Cl)(Cl)Cl. The summed E-state index contributed by atoms with van der Waals surface area (Å²) < 4.78 is -1.87. The van der Waals surface area contributed by atoms with Crippen LogP contribution in [0.25, 0.3) is 10.6 Å². The zero-order valence-corrected chi connectivity index (χ0v) is 11.7. The molecule has 0 saturated carbocycles. The fourth-order valence-corrected chi connectivity index (χ4v) is 2.80. The van der Waals surface area contributed by atoms with E-state index in [4.69, 9.17) is 39.9 Å². The Labute approximate surface area is 121 Å². The Hall–Kier alpha value is -0.880. The number of hydrogen-bond acceptors (Lipinski definition) is 4. The highest BCUT2D eigenvalue weighted by molar-refractivity contribution is 7.17. The highest BCUT2D eigenvalue weighted by Crippen LogP contribution is 2.42. The Morgan fingerprint density at radius 3 is 2.56 bits per heavy atom. The molecule has 0 aromatic carbocycles. The standard InChI is InChI=1S/C10H5Cl3N2O2S/c11-10(12,13)7-6(9(16)17)18-8(15-7)5-2-1-3-14-4-5/h1-4H,(H,16,17). The van der Waals surface area contributed by atoms with Crippen molar-refractivity contribution in [2.24, 2.45) is 0 Å². The summed E-state index contributed by atoms with van der Waals surface area (Å²) in [4.78, 5) is 19.0. The van der Waals surface area contributed by atoms with Gasteiger partial charge in [0, 0.05) is 18.0 Å². The number of carboxylic acid groups (broad SMARTS) is 1. The number of halogens is 3. The minimum absolute atomic E-state index is 0.0798. The van der Waals surface area contributed by atoms with Gasteiger partial charge in [-0.3, -0.25) is 4.98 Å². The summed E-state index contributed by atoms with van der Waals surface area (Å²) in [7, 11) is 0. The number of carbonyl (C=O) groups is 1. The molecule has 0 fully saturated rings. The van der Waals surface area contributed by atoms with Crippen LogP contribution < -0.4 is 0 Å². The molecule has 2 aromatic rings. The highest BCUT2D eigenvalue weighted by Gasteiger charge is 2.33. The minimum atomic E-state index is -1.87. The maximum atomic E-state index is 11.1. The maximum Gasteiger partial charge on any atom is 0.348 e. The first-order valence-electron chi connectivity index (χ1n) is 4.61. The summed E-state index contributed by atoms with van der Waals surface area (Å²) in [5.41, 5.74) is 0.592. The van der Waals surface area contributed by atoms with Gasteiger partial charge in [-0.2, -0.15) is 0 Å². The number of rotatable bonds is 2. The zero-order chi connectivity index (χ0) is 13.3. The molecule has 8 heteroatoms.